The van der Waals surface area contributed by atoms with E-state index in [9.17, 15) is 4.79 Å². The van der Waals surface area contributed by atoms with Crippen molar-refractivity contribution in [3.8, 4) is 0 Å². The van der Waals surface area contributed by atoms with Crippen molar-refractivity contribution < 1.29 is 9.53 Å². The van der Waals surface area contributed by atoms with Gasteiger partial charge in [-0.15, -0.1) is 0 Å². The highest BCUT2D eigenvalue weighted by atomic mass is 16.5. The Morgan fingerprint density at radius 3 is 2.10 bits per heavy atom. The van der Waals surface area contributed by atoms with Gasteiger partial charge < -0.3 is 9.64 Å². The highest BCUT2D eigenvalue weighted by Crippen LogP contribution is 2.50. The Morgan fingerprint density at radius 1 is 0.933 bits per heavy atom. The van der Waals surface area contributed by atoms with E-state index in [-0.39, 0.29) is 17.1 Å². The van der Waals surface area contributed by atoms with Crippen molar-refractivity contribution in [3.05, 3.63) is 71.8 Å². The number of morpholine rings is 1. The van der Waals surface area contributed by atoms with Crippen LogP contribution in [0.5, 0.6) is 0 Å². The van der Waals surface area contributed by atoms with Crippen LogP contribution in [0.3, 0.4) is 0 Å². The molecule has 0 bridgehead atoms. The second-order valence-corrected chi connectivity index (χ2v) is 9.63. The van der Waals surface area contributed by atoms with Gasteiger partial charge in [0.1, 0.15) is 0 Å². The number of benzene rings is 2. The zero-order valence-electron chi connectivity index (χ0n) is 17.9. The minimum absolute atomic E-state index is 0.0779. The van der Waals surface area contributed by atoms with Gasteiger partial charge in [-0.05, 0) is 63.3 Å². The maximum absolute atomic E-state index is 13.2. The molecule has 1 heterocycles. The van der Waals surface area contributed by atoms with Gasteiger partial charge in [0, 0.05) is 18.2 Å². The molecule has 2 aromatic rings. The van der Waals surface area contributed by atoms with Crippen LogP contribution in [0.4, 0.5) is 0 Å². The Labute approximate surface area is 179 Å². The third-order valence-corrected chi connectivity index (χ3v) is 7.27. The van der Waals surface area contributed by atoms with E-state index in [1.165, 1.54) is 5.56 Å². The maximum Gasteiger partial charge on any atom is 0.254 e. The first-order valence-corrected chi connectivity index (χ1v) is 11.4. The van der Waals surface area contributed by atoms with Crippen LogP contribution in [0.2, 0.25) is 0 Å². The quantitative estimate of drug-likeness (QED) is 0.752. The number of carbonyl (C=O) groups excluding carboxylic acids is 1. The molecule has 1 amide bonds. The third-order valence-electron chi connectivity index (χ3n) is 7.27. The fraction of sp³-hybridized carbons (Fsp3) is 0.500. The molecular formula is C26H32N2O2. The molecule has 158 valence electrons. The van der Waals surface area contributed by atoms with Crippen molar-refractivity contribution in [1.82, 2.24) is 9.80 Å². The lowest BCUT2D eigenvalue weighted by Crippen LogP contribution is -2.60. The molecule has 3 fully saturated rings. The van der Waals surface area contributed by atoms with E-state index in [0.29, 0.717) is 6.04 Å². The summed E-state index contributed by atoms with van der Waals surface area (Å²) in [6.07, 6.45) is 6.52. The molecule has 1 aliphatic heterocycles. The normalized spacial score (nSPS) is 27.5. The molecule has 1 saturated heterocycles. The van der Waals surface area contributed by atoms with Gasteiger partial charge in [0.2, 0.25) is 0 Å². The SMILES string of the molecule is CN(Cc1ccccc1)C1CCC2(CC1)CN(C(=O)c1ccccc1)CC1(CC1)O2. The first-order chi connectivity index (χ1) is 14.6. The highest BCUT2D eigenvalue weighted by Gasteiger charge is 2.56. The second kappa shape index (κ2) is 7.82. The molecule has 4 nitrogen and oxygen atoms in total. The molecule has 2 aromatic carbocycles. The second-order valence-electron chi connectivity index (χ2n) is 9.63. The predicted octanol–water partition coefficient (Wildman–Crippen LogP) is 4.51. The van der Waals surface area contributed by atoms with Crippen LogP contribution in [0, 0.1) is 0 Å². The molecular weight excluding hydrogens is 372 g/mol. The number of amides is 1. The molecule has 3 aliphatic rings. The number of ether oxygens (including phenoxy) is 1. The molecule has 2 saturated carbocycles. The topological polar surface area (TPSA) is 32.8 Å². The first kappa shape index (κ1) is 19.8. The van der Waals surface area contributed by atoms with Crippen molar-refractivity contribution in [2.24, 2.45) is 0 Å². The van der Waals surface area contributed by atoms with Gasteiger partial charge in [-0.25, -0.2) is 0 Å². The van der Waals surface area contributed by atoms with E-state index in [0.717, 1.165) is 63.7 Å². The zero-order chi connectivity index (χ0) is 20.6. The van der Waals surface area contributed by atoms with Gasteiger partial charge in [-0.2, -0.15) is 0 Å². The number of hydrogen-bond donors (Lipinski definition) is 0. The molecule has 30 heavy (non-hydrogen) atoms. The molecule has 0 aromatic heterocycles. The molecule has 2 spiro atoms. The van der Waals surface area contributed by atoms with Crippen molar-refractivity contribution in [2.75, 3.05) is 20.1 Å². The van der Waals surface area contributed by atoms with Gasteiger partial charge in [-0.3, -0.25) is 9.69 Å². The number of nitrogens with zero attached hydrogens (tertiary/aromatic N) is 2. The summed E-state index contributed by atoms with van der Waals surface area (Å²) in [5, 5.41) is 0. The van der Waals surface area contributed by atoms with Crippen molar-refractivity contribution >= 4 is 5.91 Å². The van der Waals surface area contributed by atoms with Crippen LogP contribution in [-0.4, -0.2) is 53.1 Å². The Morgan fingerprint density at radius 2 is 1.50 bits per heavy atom. The minimum atomic E-state index is -0.163. The van der Waals surface area contributed by atoms with E-state index in [1.54, 1.807) is 0 Å². The molecule has 0 atom stereocenters. The summed E-state index contributed by atoms with van der Waals surface area (Å²) in [5.41, 5.74) is 1.92. The Kier molecular flexibility index (Phi) is 5.16. The van der Waals surface area contributed by atoms with Crippen molar-refractivity contribution in [1.29, 1.82) is 0 Å². The van der Waals surface area contributed by atoms with Crippen LogP contribution >= 0.6 is 0 Å². The fourth-order valence-electron chi connectivity index (χ4n) is 5.41. The fourth-order valence-corrected chi connectivity index (χ4v) is 5.41. The van der Waals surface area contributed by atoms with Crippen LogP contribution in [0.1, 0.15) is 54.4 Å². The average Bonchev–Trinajstić information content (AvgIpc) is 3.52. The van der Waals surface area contributed by atoms with Crippen LogP contribution < -0.4 is 0 Å². The summed E-state index contributed by atoms with van der Waals surface area (Å²) < 4.78 is 6.76. The Balaban J connectivity index is 1.25. The van der Waals surface area contributed by atoms with E-state index in [2.05, 4.69) is 47.2 Å². The molecule has 2 aliphatic carbocycles. The lowest BCUT2D eigenvalue weighted by molar-refractivity contribution is -0.178. The first-order valence-electron chi connectivity index (χ1n) is 11.4. The molecule has 4 heteroatoms. The van der Waals surface area contributed by atoms with Crippen LogP contribution in [0.25, 0.3) is 0 Å². The molecule has 0 radical (unpaired) electrons. The van der Waals surface area contributed by atoms with Gasteiger partial charge in [0.15, 0.2) is 0 Å². The zero-order valence-corrected chi connectivity index (χ0v) is 17.9. The molecule has 5 rings (SSSR count). The Hall–Kier alpha value is -2.17. The molecule has 0 N–H and O–H groups in total. The predicted molar refractivity (Wildman–Crippen MR) is 118 cm³/mol. The minimum Gasteiger partial charge on any atom is -0.365 e. The Bertz CT molecular complexity index is 870. The van der Waals surface area contributed by atoms with Crippen molar-refractivity contribution in [3.63, 3.8) is 0 Å². The monoisotopic (exact) mass is 404 g/mol. The van der Waals surface area contributed by atoms with E-state index < -0.39 is 0 Å². The van der Waals surface area contributed by atoms with Crippen LogP contribution in [-0.2, 0) is 11.3 Å². The lowest BCUT2D eigenvalue weighted by Gasteiger charge is -2.51. The standard InChI is InChI=1S/C26H32N2O2/c1-27(18-21-8-4-2-5-9-21)23-12-14-25(15-13-23)19-28(20-26(30-25)16-17-26)24(29)22-10-6-3-7-11-22/h2-11,23H,12-20H2,1H3. The van der Waals surface area contributed by atoms with E-state index >= 15 is 0 Å². The highest BCUT2D eigenvalue weighted by molar-refractivity contribution is 5.94. The smallest absolute Gasteiger partial charge is 0.254 e. The summed E-state index contributed by atoms with van der Waals surface area (Å²) in [7, 11) is 2.24. The van der Waals surface area contributed by atoms with Crippen molar-refractivity contribution in [2.45, 2.75) is 62.3 Å². The summed E-state index contributed by atoms with van der Waals surface area (Å²) in [6, 6.07) is 21.0. The van der Waals surface area contributed by atoms with Gasteiger partial charge in [0.25, 0.3) is 5.91 Å². The summed E-state index contributed by atoms with van der Waals surface area (Å²) >= 11 is 0. The van der Waals surface area contributed by atoms with Gasteiger partial charge >= 0.3 is 0 Å². The average molecular weight is 405 g/mol. The number of hydrogen-bond acceptors (Lipinski definition) is 3. The summed E-state index contributed by atoms with van der Waals surface area (Å²) in [5.74, 6) is 0.160. The number of rotatable bonds is 4. The number of carbonyl (C=O) groups is 1. The maximum atomic E-state index is 13.2. The lowest BCUT2D eigenvalue weighted by atomic mass is 9.79. The van der Waals surface area contributed by atoms with E-state index in [1.807, 2.05) is 30.3 Å². The van der Waals surface area contributed by atoms with Crippen LogP contribution in [0.15, 0.2) is 60.7 Å². The van der Waals surface area contributed by atoms with Gasteiger partial charge in [0.05, 0.1) is 24.3 Å². The third kappa shape index (κ3) is 4.03. The summed E-state index contributed by atoms with van der Waals surface area (Å²) in [6.45, 7) is 2.47. The molecule has 0 unspecified atom stereocenters. The van der Waals surface area contributed by atoms with E-state index in [4.69, 9.17) is 4.74 Å². The largest absolute Gasteiger partial charge is 0.365 e. The summed E-state index contributed by atoms with van der Waals surface area (Å²) in [4.78, 5) is 17.8. The van der Waals surface area contributed by atoms with Gasteiger partial charge in [-0.1, -0.05) is 48.5 Å².